The first-order valence-corrected chi connectivity index (χ1v) is 4.97. The molecule has 1 aliphatic rings. The normalized spacial score (nSPS) is 23.7. The van der Waals surface area contributed by atoms with E-state index in [-0.39, 0.29) is 23.6 Å². The van der Waals surface area contributed by atoms with Gasteiger partial charge in [-0.2, -0.15) is 0 Å². The van der Waals surface area contributed by atoms with Crippen LogP contribution in [-0.2, 0) is 9.53 Å². The maximum absolute atomic E-state index is 13.3. The minimum atomic E-state index is -0.206. The molecule has 0 N–H and O–H groups in total. The van der Waals surface area contributed by atoms with Crippen molar-refractivity contribution in [2.75, 3.05) is 7.11 Å². The van der Waals surface area contributed by atoms with Crippen LogP contribution in [-0.4, -0.2) is 13.1 Å². The van der Waals surface area contributed by atoms with Crippen molar-refractivity contribution < 1.29 is 13.9 Å². The zero-order chi connectivity index (χ0) is 11.0. The molecule has 0 heterocycles. The van der Waals surface area contributed by atoms with Crippen LogP contribution in [0.15, 0.2) is 18.2 Å². The van der Waals surface area contributed by atoms with Crippen LogP contribution < -0.4 is 0 Å². The molecule has 15 heavy (non-hydrogen) atoms. The van der Waals surface area contributed by atoms with Crippen molar-refractivity contribution in [3.63, 3.8) is 0 Å². The minimum Gasteiger partial charge on any atom is -0.469 e. The van der Waals surface area contributed by atoms with E-state index in [1.165, 1.54) is 13.2 Å². The van der Waals surface area contributed by atoms with Gasteiger partial charge in [0, 0.05) is 0 Å². The zero-order valence-corrected chi connectivity index (χ0v) is 8.79. The first-order valence-electron chi connectivity index (χ1n) is 4.97. The number of carbonyl (C=O) groups excluding carboxylic acids is 1. The molecule has 0 radical (unpaired) electrons. The molecule has 1 aliphatic carbocycles. The van der Waals surface area contributed by atoms with Crippen molar-refractivity contribution in [1.29, 1.82) is 0 Å². The summed E-state index contributed by atoms with van der Waals surface area (Å²) in [7, 11) is 1.38. The zero-order valence-electron chi connectivity index (χ0n) is 8.79. The topological polar surface area (TPSA) is 26.3 Å². The molecule has 2 atom stereocenters. The summed E-state index contributed by atoms with van der Waals surface area (Å²) in [6, 6.07) is 5.15. The van der Waals surface area contributed by atoms with E-state index in [0.29, 0.717) is 5.56 Å². The Labute approximate surface area is 88.1 Å². The molecule has 0 bridgehead atoms. The lowest BCUT2D eigenvalue weighted by molar-refractivity contribution is -0.142. The van der Waals surface area contributed by atoms with E-state index in [0.717, 1.165) is 12.0 Å². The number of aryl methyl sites for hydroxylation is 1. The van der Waals surface area contributed by atoms with E-state index in [4.69, 9.17) is 0 Å². The Morgan fingerprint density at radius 3 is 2.87 bits per heavy atom. The predicted molar refractivity (Wildman–Crippen MR) is 54.0 cm³/mol. The largest absolute Gasteiger partial charge is 0.469 e. The maximum Gasteiger partial charge on any atom is 0.309 e. The smallest absolute Gasteiger partial charge is 0.309 e. The molecule has 80 valence electrons. The second-order valence-corrected chi connectivity index (χ2v) is 3.98. The van der Waals surface area contributed by atoms with Crippen LogP contribution in [0.25, 0.3) is 0 Å². The van der Waals surface area contributed by atoms with Gasteiger partial charge in [-0.15, -0.1) is 0 Å². The number of methoxy groups -OCH3 is 1. The Kier molecular flexibility index (Phi) is 2.47. The van der Waals surface area contributed by atoms with Gasteiger partial charge in [-0.3, -0.25) is 4.79 Å². The number of rotatable bonds is 2. The van der Waals surface area contributed by atoms with Gasteiger partial charge < -0.3 is 4.74 Å². The van der Waals surface area contributed by atoms with Gasteiger partial charge in [-0.1, -0.05) is 12.1 Å². The molecule has 2 nitrogen and oxygen atoms in total. The van der Waals surface area contributed by atoms with Gasteiger partial charge in [0.1, 0.15) is 5.82 Å². The molecule has 1 aromatic carbocycles. The van der Waals surface area contributed by atoms with Crippen molar-refractivity contribution in [2.45, 2.75) is 19.3 Å². The lowest BCUT2D eigenvalue weighted by atomic mass is 10.1. The summed E-state index contributed by atoms with van der Waals surface area (Å²) in [5.41, 5.74) is 1.53. The highest BCUT2D eigenvalue weighted by Crippen LogP contribution is 2.48. The van der Waals surface area contributed by atoms with E-state index in [1.807, 2.05) is 6.07 Å². The molecule has 1 saturated carbocycles. The van der Waals surface area contributed by atoms with Crippen molar-refractivity contribution in [2.24, 2.45) is 5.92 Å². The first kappa shape index (κ1) is 10.1. The maximum atomic E-state index is 13.3. The third-order valence-electron chi connectivity index (χ3n) is 2.92. The Balaban J connectivity index is 2.13. The Hall–Kier alpha value is -1.38. The standard InChI is InChI=1S/C12H13FO2/c1-7-3-4-8(5-11(7)13)9-6-10(9)12(14)15-2/h3-5,9-10H,6H2,1-2H3/t9-,10+/m0/s1. The van der Waals surface area contributed by atoms with Crippen LogP contribution in [0, 0.1) is 18.7 Å². The van der Waals surface area contributed by atoms with Gasteiger partial charge in [0.25, 0.3) is 0 Å². The Morgan fingerprint density at radius 2 is 2.27 bits per heavy atom. The lowest BCUT2D eigenvalue weighted by Crippen LogP contribution is -2.04. The summed E-state index contributed by atoms with van der Waals surface area (Å²) in [6.07, 6.45) is 0.773. The van der Waals surface area contributed by atoms with Gasteiger partial charge in [0.15, 0.2) is 0 Å². The number of esters is 1. The van der Waals surface area contributed by atoms with Gasteiger partial charge >= 0.3 is 5.97 Å². The molecule has 0 aliphatic heterocycles. The number of hydrogen-bond donors (Lipinski definition) is 0. The fourth-order valence-electron chi connectivity index (χ4n) is 1.82. The van der Waals surface area contributed by atoms with E-state index < -0.39 is 0 Å². The molecular formula is C12H13FO2. The molecule has 3 heteroatoms. The van der Waals surface area contributed by atoms with Crippen LogP contribution in [0.3, 0.4) is 0 Å². The molecular weight excluding hydrogens is 195 g/mol. The van der Waals surface area contributed by atoms with Crippen molar-refractivity contribution in [1.82, 2.24) is 0 Å². The minimum absolute atomic E-state index is 0.0721. The quantitative estimate of drug-likeness (QED) is 0.697. The molecule has 1 aromatic rings. The second kappa shape index (κ2) is 3.65. The highest BCUT2D eigenvalue weighted by molar-refractivity contribution is 5.77. The third-order valence-corrected chi connectivity index (χ3v) is 2.92. The van der Waals surface area contributed by atoms with Crippen molar-refractivity contribution in [3.05, 3.63) is 35.1 Å². The van der Waals surface area contributed by atoms with Crippen LogP contribution in [0.5, 0.6) is 0 Å². The summed E-state index contributed by atoms with van der Waals surface area (Å²) >= 11 is 0. The van der Waals surface area contributed by atoms with Crippen LogP contribution >= 0.6 is 0 Å². The summed E-state index contributed by atoms with van der Waals surface area (Å²) in [4.78, 5) is 11.2. The summed E-state index contributed by atoms with van der Waals surface area (Å²) < 4.78 is 17.9. The average Bonchev–Trinajstić information content (AvgIpc) is 3.01. The van der Waals surface area contributed by atoms with E-state index in [1.54, 1.807) is 13.0 Å². The van der Waals surface area contributed by atoms with Gasteiger partial charge in [-0.25, -0.2) is 4.39 Å². The first-order chi connectivity index (χ1) is 7.13. The van der Waals surface area contributed by atoms with Crippen molar-refractivity contribution in [3.8, 4) is 0 Å². The highest BCUT2D eigenvalue weighted by Gasteiger charge is 2.44. The molecule has 1 fully saturated rings. The highest BCUT2D eigenvalue weighted by atomic mass is 19.1. The fraction of sp³-hybridized carbons (Fsp3) is 0.417. The monoisotopic (exact) mass is 208 g/mol. The predicted octanol–water partition coefficient (Wildman–Crippen LogP) is 2.41. The number of hydrogen-bond acceptors (Lipinski definition) is 2. The van der Waals surface area contributed by atoms with Gasteiger partial charge in [0.05, 0.1) is 13.0 Å². The van der Waals surface area contributed by atoms with Crippen LogP contribution in [0.1, 0.15) is 23.5 Å². The number of carbonyl (C=O) groups is 1. The van der Waals surface area contributed by atoms with E-state index in [2.05, 4.69) is 4.74 Å². The molecule has 0 unspecified atom stereocenters. The number of halogens is 1. The fourth-order valence-corrected chi connectivity index (χ4v) is 1.82. The second-order valence-electron chi connectivity index (χ2n) is 3.98. The Bertz CT molecular complexity index is 401. The lowest BCUT2D eigenvalue weighted by Gasteiger charge is -2.02. The van der Waals surface area contributed by atoms with Crippen LogP contribution in [0.4, 0.5) is 4.39 Å². The SMILES string of the molecule is COC(=O)[C@@H]1C[C@H]1c1ccc(C)c(F)c1. The number of ether oxygens (including phenoxy) is 1. The van der Waals surface area contributed by atoms with E-state index >= 15 is 0 Å². The summed E-state index contributed by atoms with van der Waals surface area (Å²) in [5.74, 6) is -0.325. The third kappa shape index (κ3) is 1.87. The molecule has 2 rings (SSSR count). The van der Waals surface area contributed by atoms with Gasteiger partial charge in [0.2, 0.25) is 0 Å². The van der Waals surface area contributed by atoms with Gasteiger partial charge in [-0.05, 0) is 36.5 Å². The number of benzene rings is 1. The Morgan fingerprint density at radius 1 is 1.53 bits per heavy atom. The van der Waals surface area contributed by atoms with Crippen molar-refractivity contribution >= 4 is 5.97 Å². The van der Waals surface area contributed by atoms with Crippen LogP contribution in [0.2, 0.25) is 0 Å². The molecule has 0 saturated heterocycles. The van der Waals surface area contributed by atoms with E-state index in [9.17, 15) is 9.18 Å². The molecule has 0 spiro atoms. The molecule has 0 amide bonds. The average molecular weight is 208 g/mol. The molecule has 0 aromatic heterocycles. The summed E-state index contributed by atoms with van der Waals surface area (Å²) in [6.45, 7) is 1.73. The summed E-state index contributed by atoms with van der Waals surface area (Å²) in [5, 5.41) is 0.